The van der Waals surface area contributed by atoms with Gasteiger partial charge in [-0.2, -0.15) is 0 Å². The van der Waals surface area contributed by atoms with Crippen LogP contribution in [0.1, 0.15) is 53.4 Å². The second-order valence-electron chi connectivity index (χ2n) is 12.6. The van der Waals surface area contributed by atoms with Crippen molar-refractivity contribution in [1.82, 2.24) is 25.8 Å². The molecule has 60 heavy (non-hydrogen) atoms. The number of ether oxygens (including phenoxy) is 9. The van der Waals surface area contributed by atoms with Gasteiger partial charge in [-0.1, -0.05) is 13.8 Å². The lowest BCUT2D eigenvalue weighted by Gasteiger charge is -2.21. The van der Waals surface area contributed by atoms with E-state index in [2.05, 4.69) is 16.0 Å². The summed E-state index contributed by atoms with van der Waals surface area (Å²) in [6.07, 6.45) is 1.52. The van der Waals surface area contributed by atoms with Crippen molar-refractivity contribution in [2.45, 2.75) is 53.4 Å². The predicted octanol–water partition coefficient (Wildman–Crippen LogP) is -1.52. The van der Waals surface area contributed by atoms with Crippen molar-refractivity contribution in [2.75, 3.05) is 132 Å². The first-order valence-electron chi connectivity index (χ1n) is 19.7. The molecular weight excluding hydrogens is 802 g/mol. The van der Waals surface area contributed by atoms with Crippen molar-refractivity contribution in [1.29, 1.82) is 0 Å². The maximum absolute atomic E-state index is 12.5. The molecule has 3 amide bonds. The van der Waals surface area contributed by atoms with Crippen molar-refractivity contribution in [2.24, 2.45) is 0 Å². The minimum Gasteiger partial charge on any atom is -0.465 e. The molecule has 0 aromatic heterocycles. The van der Waals surface area contributed by atoms with Crippen LogP contribution >= 0.6 is 0 Å². The molecule has 0 aromatic carbocycles. The topological polar surface area (TPSA) is 279 Å². The van der Waals surface area contributed by atoms with Crippen LogP contribution in [0.25, 0.3) is 0 Å². The Morgan fingerprint density at radius 1 is 0.417 bits per heavy atom. The summed E-state index contributed by atoms with van der Waals surface area (Å²) in [6.45, 7) is 5.82. The van der Waals surface area contributed by atoms with Crippen LogP contribution in [0.4, 0.5) is 4.79 Å². The summed E-state index contributed by atoms with van der Waals surface area (Å²) in [5.41, 5.74) is 0. The van der Waals surface area contributed by atoms with E-state index in [9.17, 15) is 43.2 Å². The Balaban J connectivity index is 4.31. The summed E-state index contributed by atoms with van der Waals surface area (Å²) in [5, 5.41) is 7.91. The Labute approximate surface area is 350 Å². The number of hydrogen-bond acceptors (Lipinski definition) is 20. The van der Waals surface area contributed by atoms with Crippen LogP contribution in [0.2, 0.25) is 0 Å². The quantitative estimate of drug-likeness (QED) is 0.0366. The van der Waals surface area contributed by atoms with Gasteiger partial charge in [-0.05, 0) is 25.7 Å². The van der Waals surface area contributed by atoms with E-state index in [4.69, 9.17) is 42.6 Å². The summed E-state index contributed by atoms with van der Waals surface area (Å²) >= 11 is 0. The Kier molecular flexibility index (Phi) is 33.8. The monoisotopic (exact) mass is 865 g/mol. The fourth-order valence-corrected chi connectivity index (χ4v) is 4.32. The number of esters is 6. The van der Waals surface area contributed by atoms with Gasteiger partial charge in [-0.3, -0.25) is 29.0 Å². The zero-order valence-corrected chi connectivity index (χ0v) is 35.2. The van der Waals surface area contributed by atoms with E-state index in [0.717, 1.165) is 6.42 Å². The van der Waals surface area contributed by atoms with Gasteiger partial charge in [0.1, 0.15) is 52.9 Å². The van der Waals surface area contributed by atoms with Crippen molar-refractivity contribution in [3.05, 3.63) is 0 Å². The van der Waals surface area contributed by atoms with E-state index in [1.165, 1.54) is 13.8 Å². The Morgan fingerprint density at radius 2 is 0.783 bits per heavy atom. The van der Waals surface area contributed by atoms with E-state index in [1.54, 1.807) is 9.80 Å². The number of carbonyl (C=O) groups is 9. The van der Waals surface area contributed by atoms with Crippen molar-refractivity contribution >= 4 is 53.7 Å². The van der Waals surface area contributed by atoms with Gasteiger partial charge in [0.05, 0.1) is 32.9 Å². The van der Waals surface area contributed by atoms with Crippen molar-refractivity contribution in [3.63, 3.8) is 0 Å². The number of amides is 3. The first kappa shape index (κ1) is 54.9. The van der Waals surface area contributed by atoms with Crippen LogP contribution in [-0.2, 0) is 81.0 Å². The first-order valence-corrected chi connectivity index (χ1v) is 19.7. The lowest BCUT2D eigenvalue weighted by molar-refractivity contribution is -0.157. The lowest BCUT2D eigenvalue weighted by Crippen LogP contribution is -2.41. The molecule has 0 fully saturated rings. The predicted molar refractivity (Wildman–Crippen MR) is 207 cm³/mol. The molecule has 0 radical (unpaired) electrons. The molecule has 0 saturated carbocycles. The minimum atomic E-state index is -0.763. The number of nitrogens with one attached hydrogen (secondary N) is 3. The maximum Gasteiger partial charge on any atom is 0.407 e. The average molecular weight is 866 g/mol. The molecule has 0 rings (SSSR count). The zero-order chi connectivity index (χ0) is 44.8. The summed E-state index contributed by atoms with van der Waals surface area (Å²) in [5.74, 6) is -4.55. The van der Waals surface area contributed by atoms with Gasteiger partial charge >= 0.3 is 41.9 Å². The lowest BCUT2D eigenvalue weighted by atomic mass is 10.4. The molecule has 0 aromatic rings. The van der Waals surface area contributed by atoms with E-state index in [1.807, 2.05) is 13.8 Å². The Bertz CT molecular complexity index is 1300. The molecule has 0 atom stereocenters. The summed E-state index contributed by atoms with van der Waals surface area (Å²) in [7, 11) is 0. The van der Waals surface area contributed by atoms with Gasteiger partial charge in [0.15, 0.2) is 0 Å². The molecule has 0 aliphatic rings. The highest BCUT2D eigenvalue weighted by atomic mass is 16.6. The third kappa shape index (κ3) is 36.0. The molecule has 0 aliphatic heterocycles. The fourth-order valence-electron chi connectivity index (χ4n) is 4.32. The van der Waals surface area contributed by atoms with Gasteiger partial charge in [0.25, 0.3) is 0 Å². The molecule has 23 heteroatoms. The standard InChI is InChI=1S/C37H63N5O18/c1-5-9-38-31(45)23-41(12-19-54-29(3)43)14-21-58-35(49)27-52-25-33(47)56-17-7-10-39-32(46)24-42(13-20-55-30(4)44)15-22-59-36(50)28-53-26-34(48)57-18-8-11-40-37(51)60-16-6-2/h5-28H2,1-4H3,(H,38,45)(H,39,46)(H,40,51). The van der Waals surface area contributed by atoms with Crippen LogP contribution in [0.5, 0.6) is 0 Å². The number of carbonyl (C=O) groups excluding carboxylic acids is 9. The molecule has 0 spiro atoms. The molecule has 0 heterocycles. The highest BCUT2D eigenvalue weighted by molar-refractivity contribution is 5.78. The van der Waals surface area contributed by atoms with E-state index >= 15 is 0 Å². The molecular formula is C37H63N5O18. The highest BCUT2D eigenvalue weighted by Crippen LogP contribution is 1.96. The maximum atomic E-state index is 12.5. The van der Waals surface area contributed by atoms with Crippen LogP contribution in [0.15, 0.2) is 0 Å². The van der Waals surface area contributed by atoms with E-state index in [0.29, 0.717) is 26.0 Å². The minimum absolute atomic E-state index is 0.0187. The Hall–Kier alpha value is -5.13. The van der Waals surface area contributed by atoms with Crippen molar-refractivity contribution < 1.29 is 85.8 Å². The third-order valence-electron chi connectivity index (χ3n) is 7.15. The number of nitrogens with zero attached hydrogens (tertiary/aromatic N) is 2. The summed E-state index contributed by atoms with van der Waals surface area (Å²) in [6, 6.07) is 0. The van der Waals surface area contributed by atoms with E-state index < -0.39 is 74.2 Å². The van der Waals surface area contributed by atoms with Crippen LogP contribution in [0.3, 0.4) is 0 Å². The van der Waals surface area contributed by atoms with Gasteiger partial charge in [0.2, 0.25) is 11.8 Å². The summed E-state index contributed by atoms with van der Waals surface area (Å²) < 4.78 is 45.0. The third-order valence-corrected chi connectivity index (χ3v) is 7.15. The molecule has 3 N–H and O–H groups in total. The smallest absolute Gasteiger partial charge is 0.407 e. The normalized spacial score (nSPS) is 10.6. The fraction of sp³-hybridized carbons (Fsp3) is 0.757. The van der Waals surface area contributed by atoms with Crippen LogP contribution in [-0.4, -0.2) is 195 Å². The van der Waals surface area contributed by atoms with Gasteiger partial charge in [-0.25, -0.2) is 24.0 Å². The number of alkyl carbamates (subject to hydrolysis) is 1. The van der Waals surface area contributed by atoms with Crippen LogP contribution in [0, 0.1) is 0 Å². The average Bonchev–Trinajstić information content (AvgIpc) is 3.18. The zero-order valence-electron chi connectivity index (χ0n) is 35.2. The highest BCUT2D eigenvalue weighted by Gasteiger charge is 2.15. The largest absolute Gasteiger partial charge is 0.465 e. The molecule has 0 aliphatic carbocycles. The second kappa shape index (κ2) is 36.9. The molecule has 0 saturated heterocycles. The molecule has 0 unspecified atom stereocenters. The number of rotatable bonds is 36. The first-order chi connectivity index (χ1) is 28.7. The van der Waals surface area contributed by atoms with Crippen molar-refractivity contribution in [3.8, 4) is 0 Å². The van der Waals surface area contributed by atoms with Gasteiger partial charge in [-0.15, -0.1) is 0 Å². The van der Waals surface area contributed by atoms with Gasteiger partial charge < -0.3 is 58.6 Å². The number of hydrogen-bond donors (Lipinski definition) is 3. The van der Waals surface area contributed by atoms with E-state index in [-0.39, 0.29) is 104 Å². The van der Waals surface area contributed by atoms with Gasteiger partial charge in [0, 0.05) is 59.7 Å². The molecule has 0 bridgehead atoms. The molecule has 23 nitrogen and oxygen atoms in total. The molecule has 344 valence electrons. The summed E-state index contributed by atoms with van der Waals surface area (Å²) in [4.78, 5) is 109. The van der Waals surface area contributed by atoms with Crippen LogP contribution < -0.4 is 16.0 Å². The SMILES string of the molecule is CCCNC(=O)CN(CCOC(C)=O)CCOC(=O)COCC(=O)OCCCNC(=O)CN(CCOC(C)=O)CCOC(=O)COCC(=O)OCCCNC(=O)OCCC. The Morgan fingerprint density at radius 3 is 1.17 bits per heavy atom. The second-order valence-corrected chi connectivity index (χ2v) is 12.6.